The predicted molar refractivity (Wildman–Crippen MR) is 103 cm³/mol. The number of carbonyl (C=O) groups is 1. The fourth-order valence-corrected chi connectivity index (χ4v) is 2.76. The SMILES string of the molecule is COc1ccc(N=Nc2cc(F)c(OC(=O)/C=C/c3cccs3)c(F)c2)cc1. The monoisotopic (exact) mass is 400 g/mol. The van der Waals surface area contributed by atoms with Crippen LogP contribution >= 0.6 is 11.3 Å². The van der Waals surface area contributed by atoms with Crippen molar-refractivity contribution in [3.63, 3.8) is 0 Å². The number of ether oxygens (including phenoxy) is 2. The molecule has 1 aromatic heterocycles. The highest BCUT2D eigenvalue weighted by Crippen LogP contribution is 2.29. The van der Waals surface area contributed by atoms with Gasteiger partial charge in [0.2, 0.25) is 5.75 Å². The molecule has 0 aliphatic carbocycles. The van der Waals surface area contributed by atoms with E-state index in [1.807, 2.05) is 11.4 Å². The second-order valence-electron chi connectivity index (χ2n) is 5.41. The number of hydrogen-bond donors (Lipinski definition) is 0. The quantitative estimate of drug-likeness (QED) is 0.218. The first kappa shape index (κ1) is 19.4. The lowest BCUT2D eigenvalue weighted by Crippen LogP contribution is -2.06. The van der Waals surface area contributed by atoms with Crippen molar-refractivity contribution < 1.29 is 23.0 Å². The van der Waals surface area contributed by atoms with Gasteiger partial charge in [0.25, 0.3) is 0 Å². The van der Waals surface area contributed by atoms with Crippen molar-refractivity contribution in [2.24, 2.45) is 10.2 Å². The summed E-state index contributed by atoms with van der Waals surface area (Å²) in [7, 11) is 1.54. The lowest BCUT2D eigenvalue weighted by Gasteiger charge is -2.05. The first-order valence-corrected chi connectivity index (χ1v) is 8.91. The van der Waals surface area contributed by atoms with Gasteiger partial charge in [0.15, 0.2) is 11.6 Å². The van der Waals surface area contributed by atoms with E-state index < -0.39 is 23.4 Å². The van der Waals surface area contributed by atoms with Crippen LogP contribution in [0.1, 0.15) is 4.88 Å². The Morgan fingerprint density at radius 1 is 1.04 bits per heavy atom. The molecule has 142 valence electrons. The Balaban J connectivity index is 1.71. The van der Waals surface area contributed by atoms with Crippen LogP contribution in [0.3, 0.4) is 0 Å². The largest absolute Gasteiger partial charge is 0.497 e. The van der Waals surface area contributed by atoms with Gasteiger partial charge in [-0.05, 0) is 41.8 Å². The summed E-state index contributed by atoms with van der Waals surface area (Å²) in [6, 6.07) is 12.1. The molecule has 0 saturated heterocycles. The van der Waals surface area contributed by atoms with Gasteiger partial charge in [0, 0.05) is 23.1 Å². The standard InChI is InChI=1S/C20H14F2N2O3S/c1-26-15-6-4-13(5-7-15)23-24-14-11-17(21)20(18(22)12-14)27-19(25)9-8-16-3-2-10-28-16/h2-12H,1H3/b9-8+,24-23?. The van der Waals surface area contributed by atoms with Gasteiger partial charge < -0.3 is 9.47 Å². The highest BCUT2D eigenvalue weighted by atomic mass is 32.1. The van der Waals surface area contributed by atoms with Crippen LogP contribution in [-0.2, 0) is 4.79 Å². The van der Waals surface area contributed by atoms with E-state index in [0.29, 0.717) is 11.4 Å². The smallest absolute Gasteiger partial charge is 0.336 e. The van der Waals surface area contributed by atoms with E-state index in [4.69, 9.17) is 9.47 Å². The number of hydrogen-bond acceptors (Lipinski definition) is 6. The lowest BCUT2D eigenvalue weighted by molar-refractivity contribution is -0.129. The molecule has 0 bridgehead atoms. The van der Waals surface area contributed by atoms with Crippen LogP contribution in [0.2, 0.25) is 0 Å². The number of carbonyl (C=O) groups excluding carboxylic acids is 1. The van der Waals surface area contributed by atoms with Gasteiger partial charge in [-0.2, -0.15) is 10.2 Å². The fourth-order valence-electron chi connectivity index (χ4n) is 2.14. The first-order chi connectivity index (χ1) is 13.5. The van der Waals surface area contributed by atoms with Crippen molar-refractivity contribution in [3.05, 3.63) is 76.5 Å². The summed E-state index contributed by atoms with van der Waals surface area (Å²) in [4.78, 5) is 12.6. The zero-order chi connectivity index (χ0) is 19.9. The molecule has 0 amide bonds. The van der Waals surface area contributed by atoms with E-state index in [1.165, 1.54) is 24.5 Å². The van der Waals surface area contributed by atoms with Gasteiger partial charge >= 0.3 is 5.97 Å². The summed E-state index contributed by atoms with van der Waals surface area (Å²) < 4.78 is 38.1. The van der Waals surface area contributed by atoms with Gasteiger partial charge in [0.05, 0.1) is 18.5 Å². The number of halogens is 2. The van der Waals surface area contributed by atoms with Crippen molar-refractivity contribution in [1.82, 2.24) is 0 Å². The van der Waals surface area contributed by atoms with Crippen molar-refractivity contribution in [2.75, 3.05) is 7.11 Å². The number of benzene rings is 2. The molecule has 0 atom stereocenters. The normalized spacial score (nSPS) is 11.2. The first-order valence-electron chi connectivity index (χ1n) is 8.03. The van der Waals surface area contributed by atoms with E-state index >= 15 is 0 Å². The third-order valence-electron chi connectivity index (χ3n) is 3.47. The second kappa shape index (κ2) is 9.01. The predicted octanol–water partition coefficient (Wildman–Crippen LogP) is 6.07. The Bertz CT molecular complexity index is 993. The van der Waals surface area contributed by atoms with Gasteiger partial charge in [-0.1, -0.05) is 6.07 Å². The van der Waals surface area contributed by atoms with Gasteiger partial charge in [-0.15, -0.1) is 11.3 Å². The van der Waals surface area contributed by atoms with Gasteiger partial charge in [-0.25, -0.2) is 13.6 Å². The maximum atomic E-state index is 14.2. The molecule has 0 saturated carbocycles. The molecule has 28 heavy (non-hydrogen) atoms. The molecule has 1 heterocycles. The molecule has 8 heteroatoms. The van der Waals surface area contributed by atoms with Crippen LogP contribution in [-0.4, -0.2) is 13.1 Å². The Morgan fingerprint density at radius 3 is 2.32 bits per heavy atom. The average molecular weight is 400 g/mol. The maximum absolute atomic E-state index is 14.2. The Labute approximate surface area is 163 Å². The second-order valence-corrected chi connectivity index (χ2v) is 6.39. The number of methoxy groups -OCH3 is 1. The van der Waals surface area contributed by atoms with E-state index in [0.717, 1.165) is 23.1 Å². The van der Waals surface area contributed by atoms with Gasteiger partial charge in [0.1, 0.15) is 5.75 Å². The number of azo groups is 1. The molecule has 3 rings (SSSR count). The van der Waals surface area contributed by atoms with Crippen LogP contribution in [0, 0.1) is 11.6 Å². The maximum Gasteiger partial charge on any atom is 0.336 e. The summed E-state index contributed by atoms with van der Waals surface area (Å²) in [5.41, 5.74) is 0.426. The molecule has 0 N–H and O–H groups in total. The summed E-state index contributed by atoms with van der Waals surface area (Å²) in [5.74, 6) is -3.14. The van der Waals surface area contributed by atoms with Crippen LogP contribution in [0.4, 0.5) is 20.2 Å². The molecule has 3 aromatic rings. The fraction of sp³-hybridized carbons (Fsp3) is 0.0500. The van der Waals surface area contributed by atoms with Crippen LogP contribution in [0.15, 0.2) is 70.2 Å². The molecular weight excluding hydrogens is 386 g/mol. The van der Waals surface area contributed by atoms with Crippen LogP contribution < -0.4 is 9.47 Å². The zero-order valence-corrected chi connectivity index (χ0v) is 15.5. The van der Waals surface area contributed by atoms with E-state index in [9.17, 15) is 13.6 Å². The third-order valence-corrected chi connectivity index (χ3v) is 4.30. The molecule has 0 aliphatic heterocycles. The molecule has 0 aliphatic rings. The summed E-state index contributed by atoms with van der Waals surface area (Å²) >= 11 is 1.41. The van der Waals surface area contributed by atoms with Crippen LogP contribution in [0.5, 0.6) is 11.5 Å². The summed E-state index contributed by atoms with van der Waals surface area (Å²) in [6.45, 7) is 0. The number of esters is 1. The van der Waals surface area contributed by atoms with E-state index in [1.54, 1.807) is 30.3 Å². The minimum atomic E-state index is -1.05. The highest BCUT2D eigenvalue weighted by Gasteiger charge is 2.15. The lowest BCUT2D eigenvalue weighted by atomic mass is 10.3. The average Bonchev–Trinajstić information content (AvgIpc) is 3.21. The molecule has 2 aromatic carbocycles. The third kappa shape index (κ3) is 5.08. The minimum absolute atomic E-state index is 0.0558. The molecular formula is C20H14F2N2O3S. The molecule has 0 unspecified atom stereocenters. The summed E-state index contributed by atoms with van der Waals surface area (Å²) in [6.07, 6.45) is 2.60. The number of nitrogens with zero attached hydrogens (tertiary/aromatic N) is 2. The van der Waals surface area contributed by atoms with Crippen molar-refractivity contribution >= 4 is 34.8 Å². The zero-order valence-electron chi connectivity index (χ0n) is 14.6. The van der Waals surface area contributed by atoms with Gasteiger partial charge in [-0.3, -0.25) is 0 Å². The molecule has 5 nitrogen and oxygen atoms in total. The highest BCUT2D eigenvalue weighted by molar-refractivity contribution is 7.10. The topological polar surface area (TPSA) is 60.3 Å². The van der Waals surface area contributed by atoms with Crippen molar-refractivity contribution in [1.29, 1.82) is 0 Å². The Hall–Kier alpha value is -3.39. The minimum Gasteiger partial charge on any atom is -0.497 e. The summed E-state index contributed by atoms with van der Waals surface area (Å²) in [5, 5.41) is 9.53. The molecule has 0 spiro atoms. The van der Waals surface area contributed by atoms with E-state index in [2.05, 4.69) is 10.2 Å². The molecule has 0 radical (unpaired) electrons. The van der Waals surface area contributed by atoms with Crippen molar-refractivity contribution in [2.45, 2.75) is 0 Å². The number of rotatable bonds is 6. The van der Waals surface area contributed by atoms with E-state index in [-0.39, 0.29) is 5.69 Å². The van der Waals surface area contributed by atoms with Crippen LogP contribution in [0.25, 0.3) is 6.08 Å². The van der Waals surface area contributed by atoms with Crippen molar-refractivity contribution in [3.8, 4) is 11.5 Å². The Kier molecular flexibility index (Phi) is 6.23. The number of thiophene rings is 1. The Morgan fingerprint density at radius 2 is 1.71 bits per heavy atom. The molecule has 0 fully saturated rings.